The third-order valence-corrected chi connectivity index (χ3v) is 4.25. The molecule has 0 radical (unpaired) electrons. The van der Waals surface area contributed by atoms with Crippen molar-refractivity contribution in [1.82, 2.24) is 0 Å². The van der Waals surface area contributed by atoms with E-state index in [-0.39, 0.29) is 5.91 Å². The van der Waals surface area contributed by atoms with Gasteiger partial charge in [0, 0.05) is 3.57 Å². The normalized spacial score (nSPS) is 16.5. The van der Waals surface area contributed by atoms with Gasteiger partial charge in [-0.25, -0.2) is 0 Å². The van der Waals surface area contributed by atoms with E-state index in [2.05, 4.69) is 27.7 Å². The van der Waals surface area contributed by atoms with Gasteiger partial charge >= 0.3 is 0 Å². The molecule has 104 valence electrons. The number of anilines is 1. The fraction of sp³-hybridized carbons (Fsp3) is 0.0588. The maximum atomic E-state index is 12.6. The summed E-state index contributed by atoms with van der Waals surface area (Å²) in [4.78, 5) is 12.6. The van der Waals surface area contributed by atoms with Gasteiger partial charge in [-0.1, -0.05) is 36.4 Å². The first-order valence-electron chi connectivity index (χ1n) is 6.58. The molecule has 0 fully saturated rings. The number of hydrogen-bond donors (Lipinski definition) is 0. The Morgan fingerprint density at radius 2 is 1.71 bits per heavy atom. The summed E-state index contributed by atoms with van der Waals surface area (Å²) >= 11 is 2.27. The Kier molecular flexibility index (Phi) is 3.88. The number of benzene rings is 2. The van der Waals surface area contributed by atoms with Crippen molar-refractivity contribution in [1.29, 1.82) is 0 Å². The zero-order valence-corrected chi connectivity index (χ0v) is 13.6. The number of nitrogens with zero attached hydrogens (tertiary/aromatic N) is 2. The Hall–Kier alpha value is -1.95. The van der Waals surface area contributed by atoms with Crippen LogP contribution in [0.3, 0.4) is 0 Å². The van der Waals surface area contributed by atoms with Crippen LogP contribution in [0.25, 0.3) is 6.08 Å². The highest BCUT2D eigenvalue weighted by Gasteiger charge is 2.28. The number of rotatable bonds is 2. The Morgan fingerprint density at radius 3 is 2.43 bits per heavy atom. The van der Waals surface area contributed by atoms with Crippen LogP contribution >= 0.6 is 22.6 Å². The van der Waals surface area contributed by atoms with Crippen molar-refractivity contribution >= 4 is 46.0 Å². The molecule has 1 aliphatic heterocycles. The summed E-state index contributed by atoms with van der Waals surface area (Å²) in [6, 6.07) is 17.4. The van der Waals surface area contributed by atoms with E-state index in [4.69, 9.17) is 0 Å². The molecule has 0 saturated carbocycles. The summed E-state index contributed by atoms with van der Waals surface area (Å²) in [5.41, 5.74) is 3.20. The second kappa shape index (κ2) is 5.81. The van der Waals surface area contributed by atoms with E-state index in [1.807, 2.05) is 67.6 Å². The number of hydrazone groups is 1. The minimum absolute atomic E-state index is 0.0849. The largest absolute Gasteiger partial charge is 0.280 e. The molecule has 0 bridgehead atoms. The number of carbonyl (C=O) groups excluding carboxylic acids is 1. The second-order valence-corrected chi connectivity index (χ2v) is 5.88. The van der Waals surface area contributed by atoms with Gasteiger partial charge in [0.15, 0.2) is 0 Å². The minimum atomic E-state index is -0.0849. The summed E-state index contributed by atoms with van der Waals surface area (Å²) < 4.78 is 1.11. The van der Waals surface area contributed by atoms with Gasteiger partial charge in [0.05, 0.1) is 17.0 Å². The zero-order valence-electron chi connectivity index (χ0n) is 11.5. The van der Waals surface area contributed by atoms with E-state index in [0.717, 1.165) is 20.5 Å². The summed E-state index contributed by atoms with van der Waals surface area (Å²) in [5, 5.41) is 5.83. The molecule has 3 rings (SSSR count). The van der Waals surface area contributed by atoms with Crippen LogP contribution in [0.2, 0.25) is 0 Å². The zero-order chi connectivity index (χ0) is 14.8. The first kappa shape index (κ1) is 14.0. The van der Waals surface area contributed by atoms with Crippen LogP contribution in [0.5, 0.6) is 0 Å². The molecule has 2 aromatic rings. The van der Waals surface area contributed by atoms with Crippen LogP contribution in [-0.4, -0.2) is 11.6 Å². The van der Waals surface area contributed by atoms with Gasteiger partial charge in [-0.05, 0) is 59.4 Å². The molecule has 2 aromatic carbocycles. The average Bonchev–Trinajstić information content (AvgIpc) is 2.78. The molecule has 0 atom stereocenters. The molecule has 0 aliphatic carbocycles. The molecule has 0 unspecified atom stereocenters. The van der Waals surface area contributed by atoms with E-state index in [1.54, 1.807) is 0 Å². The molecule has 3 nitrogen and oxygen atoms in total. The molecule has 1 heterocycles. The maximum Gasteiger partial charge on any atom is 0.280 e. The highest BCUT2D eigenvalue weighted by atomic mass is 127. The first-order valence-corrected chi connectivity index (χ1v) is 7.66. The van der Waals surface area contributed by atoms with Crippen LogP contribution in [0.1, 0.15) is 12.5 Å². The molecule has 0 saturated heterocycles. The van der Waals surface area contributed by atoms with Gasteiger partial charge in [-0.15, -0.1) is 0 Å². The van der Waals surface area contributed by atoms with Crippen LogP contribution in [0, 0.1) is 3.57 Å². The minimum Gasteiger partial charge on any atom is -0.267 e. The summed E-state index contributed by atoms with van der Waals surface area (Å²) in [5.74, 6) is -0.0849. The smallest absolute Gasteiger partial charge is 0.267 e. The van der Waals surface area contributed by atoms with Gasteiger partial charge in [-0.2, -0.15) is 10.1 Å². The van der Waals surface area contributed by atoms with E-state index in [9.17, 15) is 4.79 Å². The number of hydrogen-bond acceptors (Lipinski definition) is 2. The van der Waals surface area contributed by atoms with Crippen LogP contribution in [0.4, 0.5) is 5.69 Å². The summed E-state index contributed by atoms with van der Waals surface area (Å²) in [6.45, 7) is 1.86. The molecule has 0 N–H and O–H groups in total. The molecular weight excluding hydrogens is 375 g/mol. The highest BCUT2D eigenvalue weighted by Crippen LogP contribution is 2.25. The van der Waals surface area contributed by atoms with Crippen molar-refractivity contribution in [2.24, 2.45) is 5.10 Å². The fourth-order valence-corrected chi connectivity index (χ4v) is 2.72. The predicted octanol–water partition coefficient (Wildman–Crippen LogP) is 4.10. The third kappa shape index (κ3) is 2.76. The van der Waals surface area contributed by atoms with E-state index in [0.29, 0.717) is 5.57 Å². The van der Waals surface area contributed by atoms with Crippen molar-refractivity contribution in [2.45, 2.75) is 6.92 Å². The average molecular weight is 388 g/mol. The number of carbonyl (C=O) groups is 1. The Balaban J connectivity index is 1.98. The van der Waals surface area contributed by atoms with Gasteiger partial charge in [-0.3, -0.25) is 4.79 Å². The molecule has 1 amide bonds. The van der Waals surface area contributed by atoms with Gasteiger partial charge in [0.1, 0.15) is 0 Å². The van der Waals surface area contributed by atoms with Crippen LogP contribution in [-0.2, 0) is 4.79 Å². The predicted molar refractivity (Wildman–Crippen MR) is 94.2 cm³/mol. The SMILES string of the molecule is CC1=NN(c2ccccc2)C(=O)/C1=C/c1ccccc1I. The van der Waals surface area contributed by atoms with Crippen LogP contribution in [0.15, 0.2) is 65.3 Å². The number of halogens is 1. The van der Waals surface area contributed by atoms with Crippen molar-refractivity contribution in [3.05, 3.63) is 69.3 Å². The Bertz CT molecular complexity index is 750. The lowest BCUT2D eigenvalue weighted by atomic mass is 10.1. The van der Waals surface area contributed by atoms with Crippen molar-refractivity contribution < 1.29 is 4.79 Å². The molecule has 0 spiro atoms. The lowest BCUT2D eigenvalue weighted by molar-refractivity contribution is -0.114. The van der Waals surface area contributed by atoms with Crippen LogP contribution < -0.4 is 5.01 Å². The highest BCUT2D eigenvalue weighted by molar-refractivity contribution is 14.1. The van der Waals surface area contributed by atoms with Gasteiger partial charge in [0.2, 0.25) is 0 Å². The topological polar surface area (TPSA) is 32.7 Å². The van der Waals surface area contributed by atoms with E-state index >= 15 is 0 Å². The molecular formula is C17H13IN2O. The Morgan fingerprint density at radius 1 is 1.05 bits per heavy atom. The monoisotopic (exact) mass is 388 g/mol. The Labute approximate surface area is 137 Å². The third-order valence-electron chi connectivity index (χ3n) is 3.27. The number of para-hydroxylation sites is 1. The molecule has 21 heavy (non-hydrogen) atoms. The fourth-order valence-electron chi connectivity index (χ4n) is 2.18. The van der Waals surface area contributed by atoms with Gasteiger partial charge < -0.3 is 0 Å². The van der Waals surface area contributed by atoms with Crippen molar-refractivity contribution in [3.63, 3.8) is 0 Å². The molecule has 0 aromatic heterocycles. The van der Waals surface area contributed by atoms with Crippen molar-refractivity contribution in [2.75, 3.05) is 5.01 Å². The first-order chi connectivity index (χ1) is 10.2. The second-order valence-electron chi connectivity index (χ2n) is 4.72. The lowest BCUT2D eigenvalue weighted by Crippen LogP contribution is -2.21. The molecule has 1 aliphatic rings. The summed E-state index contributed by atoms with van der Waals surface area (Å²) in [7, 11) is 0. The van der Waals surface area contributed by atoms with E-state index in [1.165, 1.54) is 5.01 Å². The maximum absolute atomic E-state index is 12.6. The summed E-state index contributed by atoms with van der Waals surface area (Å²) in [6.07, 6.45) is 1.91. The van der Waals surface area contributed by atoms with Crippen molar-refractivity contribution in [3.8, 4) is 0 Å². The lowest BCUT2D eigenvalue weighted by Gasteiger charge is -2.11. The van der Waals surface area contributed by atoms with E-state index < -0.39 is 0 Å². The number of amides is 1. The molecule has 4 heteroatoms. The quantitative estimate of drug-likeness (QED) is 0.563. The standard InChI is InChI=1S/C17H13IN2O/c1-12-15(11-13-7-5-6-10-16(13)18)17(21)20(19-12)14-8-3-2-4-9-14/h2-11H,1H3/b15-11+. The van der Waals surface area contributed by atoms with Gasteiger partial charge in [0.25, 0.3) is 5.91 Å².